The normalized spacial score (nSPS) is 22.2. The van der Waals surface area contributed by atoms with Crippen molar-refractivity contribution in [2.75, 3.05) is 19.6 Å². The lowest BCUT2D eigenvalue weighted by Gasteiger charge is -2.42. The highest BCUT2D eigenvalue weighted by molar-refractivity contribution is 5.84. The van der Waals surface area contributed by atoms with Gasteiger partial charge < -0.3 is 20.6 Å². The summed E-state index contributed by atoms with van der Waals surface area (Å²) in [6.07, 6.45) is 1.69. The van der Waals surface area contributed by atoms with Gasteiger partial charge in [-0.05, 0) is 33.1 Å². The topological polar surface area (TPSA) is 104 Å². The molecule has 0 spiro atoms. The molecule has 0 aromatic heterocycles. The van der Waals surface area contributed by atoms with Crippen LogP contribution >= 0.6 is 0 Å². The summed E-state index contributed by atoms with van der Waals surface area (Å²) in [5.74, 6) is -1.44. The molecule has 0 aromatic carbocycles. The molecule has 0 bridgehead atoms. The van der Waals surface area contributed by atoms with Crippen LogP contribution < -0.4 is 5.73 Å². The second kappa shape index (κ2) is 6.78. The predicted octanol–water partition coefficient (Wildman–Crippen LogP) is 0.879. The van der Waals surface area contributed by atoms with Crippen LogP contribution in [0.5, 0.6) is 0 Å². The second-order valence-electron chi connectivity index (χ2n) is 5.93. The lowest BCUT2D eigenvalue weighted by Crippen LogP contribution is -2.55. The smallest absolute Gasteiger partial charge is 0.320 e. The number of likely N-dealkylation sites (tertiary alicyclic amines) is 1. The molecule has 1 unspecified atom stereocenters. The first-order chi connectivity index (χ1) is 9.73. The van der Waals surface area contributed by atoms with Gasteiger partial charge in [-0.3, -0.25) is 9.59 Å². The van der Waals surface area contributed by atoms with Gasteiger partial charge in [0.1, 0.15) is 6.54 Å². The minimum absolute atomic E-state index is 0.154. The van der Waals surface area contributed by atoms with E-state index in [2.05, 4.69) is 0 Å². The lowest BCUT2D eigenvalue weighted by molar-refractivity contribution is -0.152. The fourth-order valence-electron chi connectivity index (χ4n) is 2.73. The van der Waals surface area contributed by atoms with Crippen LogP contribution in [0.4, 0.5) is 4.79 Å². The summed E-state index contributed by atoms with van der Waals surface area (Å²) in [5, 5.41) is 9.46. The molecular formula is C14H25N3O4. The Kier molecular flexibility index (Phi) is 5.57. The van der Waals surface area contributed by atoms with E-state index in [4.69, 9.17) is 5.73 Å². The predicted molar refractivity (Wildman–Crippen MR) is 77.6 cm³/mol. The Morgan fingerprint density at radius 1 is 1.38 bits per heavy atom. The number of nitrogens with two attached hydrogens (primary N) is 1. The third kappa shape index (κ3) is 3.86. The summed E-state index contributed by atoms with van der Waals surface area (Å²) < 4.78 is 0. The van der Waals surface area contributed by atoms with Gasteiger partial charge in [-0.25, -0.2) is 4.79 Å². The van der Waals surface area contributed by atoms with Gasteiger partial charge in [-0.1, -0.05) is 6.92 Å². The molecule has 3 N–H and O–H groups in total. The number of hydrogen-bond donors (Lipinski definition) is 2. The number of carboxylic acids is 1. The van der Waals surface area contributed by atoms with E-state index >= 15 is 0 Å². The van der Waals surface area contributed by atoms with Crippen molar-refractivity contribution in [3.63, 3.8) is 0 Å². The van der Waals surface area contributed by atoms with Crippen molar-refractivity contribution in [3.8, 4) is 0 Å². The van der Waals surface area contributed by atoms with E-state index in [1.165, 1.54) is 9.80 Å². The van der Waals surface area contributed by atoms with Crippen molar-refractivity contribution >= 4 is 17.9 Å². The highest BCUT2D eigenvalue weighted by Crippen LogP contribution is 2.34. The molecule has 0 saturated carbocycles. The van der Waals surface area contributed by atoms with Crippen LogP contribution in [-0.4, -0.2) is 58.5 Å². The van der Waals surface area contributed by atoms with Crippen molar-refractivity contribution in [1.82, 2.24) is 9.80 Å². The van der Waals surface area contributed by atoms with Gasteiger partial charge in [0.05, 0.1) is 5.41 Å². The SMILES string of the molecule is CCC1(C(=O)O)CCCN(C(=O)N(CC(N)=O)C(C)C)C1. The van der Waals surface area contributed by atoms with Crippen molar-refractivity contribution in [3.05, 3.63) is 0 Å². The second-order valence-corrected chi connectivity index (χ2v) is 5.93. The molecule has 1 atom stereocenters. The number of nitrogens with zero attached hydrogens (tertiary/aromatic N) is 2. The molecule has 7 heteroatoms. The van der Waals surface area contributed by atoms with E-state index in [1.54, 1.807) is 13.8 Å². The summed E-state index contributed by atoms with van der Waals surface area (Å²) >= 11 is 0. The zero-order valence-electron chi connectivity index (χ0n) is 13.0. The maximum Gasteiger partial charge on any atom is 0.320 e. The number of carbonyl (C=O) groups is 3. The summed E-state index contributed by atoms with van der Waals surface area (Å²) in [6.45, 7) is 5.96. The average Bonchev–Trinajstić information content (AvgIpc) is 2.43. The van der Waals surface area contributed by atoms with Gasteiger partial charge in [0.2, 0.25) is 5.91 Å². The number of hydrogen-bond acceptors (Lipinski definition) is 3. The standard InChI is InChI=1S/C14H25N3O4/c1-4-14(12(19)20)6-5-7-16(9-14)13(21)17(10(2)3)8-11(15)18/h10H,4-9H2,1-3H3,(H2,15,18)(H,19,20). The number of primary amides is 1. The van der Waals surface area contributed by atoms with Gasteiger partial charge in [0, 0.05) is 19.1 Å². The highest BCUT2D eigenvalue weighted by atomic mass is 16.4. The number of aliphatic carboxylic acids is 1. The Balaban J connectivity index is 2.90. The van der Waals surface area contributed by atoms with Crippen molar-refractivity contribution in [1.29, 1.82) is 0 Å². The third-order valence-corrected chi connectivity index (χ3v) is 4.17. The number of amides is 3. The quantitative estimate of drug-likeness (QED) is 0.786. The van der Waals surface area contributed by atoms with Crippen LogP contribution in [0, 0.1) is 5.41 Å². The Labute approximate surface area is 125 Å². The maximum atomic E-state index is 12.6. The first-order valence-corrected chi connectivity index (χ1v) is 7.30. The minimum Gasteiger partial charge on any atom is -0.481 e. The molecule has 0 radical (unpaired) electrons. The van der Waals surface area contributed by atoms with Crippen molar-refractivity contribution in [2.24, 2.45) is 11.1 Å². The van der Waals surface area contributed by atoms with Gasteiger partial charge in [-0.2, -0.15) is 0 Å². The van der Waals surface area contributed by atoms with Crippen LogP contribution in [0.25, 0.3) is 0 Å². The van der Waals surface area contributed by atoms with E-state index in [0.29, 0.717) is 25.8 Å². The molecule has 1 aliphatic rings. The first-order valence-electron chi connectivity index (χ1n) is 7.30. The molecule has 1 rings (SSSR count). The number of urea groups is 1. The molecule has 7 nitrogen and oxygen atoms in total. The Hall–Kier alpha value is -1.79. The summed E-state index contributed by atoms with van der Waals surface area (Å²) in [4.78, 5) is 38.1. The summed E-state index contributed by atoms with van der Waals surface area (Å²) in [5.41, 5.74) is 4.30. The zero-order valence-corrected chi connectivity index (χ0v) is 13.0. The van der Waals surface area contributed by atoms with E-state index in [-0.39, 0.29) is 25.2 Å². The fraction of sp³-hybridized carbons (Fsp3) is 0.786. The molecule has 0 aliphatic carbocycles. The molecule has 1 fully saturated rings. The van der Waals surface area contributed by atoms with Gasteiger partial charge >= 0.3 is 12.0 Å². The maximum absolute atomic E-state index is 12.6. The highest BCUT2D eigenvalue weighted by Gasteiger charge is 2.43. The van der Waals surface area contributed by atoms with E-state index < -0.39 is 17.3 Å². The van der Waals surface area contributed by atoms with Crippen molar-refractivity contribution < 1.29 is 19.5 Å². The Morgan fingerprint density at radius 2 is 2.00 bits per heavy atom. The van der Waals surface area contributed by atoms with Gasteiger partial charge in [-0.15, -0.1) is 0 Å². The van der Waals surface area contributed by atoms with Crippen LogP contribution in [0.2, 0.25) is 0 Å². The van der Waals surface area contributed by atoms with Gasteiger partial charge in [0.25, 0.3) is 0 Å². The molecule has 1 heterocycles. The summed E-state index contributed by atoms with van der Waals surface area (Å²) in [6, 6.07) is -0.490. The lowest BCUT2D eigenvalue weighted by atomic mass is 9.78. The largest absolute Gasteiger partial charge is 0.481 e. The van der Waals surface area contributed by atoms with Gasteiger partial charge in [0.15, 0.2) is 0 Å². The van der Waals surface area contributed by atoms with E-state index in [0.717, 1.165) is 0 Å². The number of carbonyl (C=O) groups excluding carboxylic acids is 2. The van der Waals surface area contributed by atoms with E-state index in [1.807, 2.05) is 6.92 Å². The van der Waals surface area contributed by atoms with Crippen LogP contribution in [0.1, 0.15) is 40.0 Å². The molecule has 1 saturated heterocycles. The van der Waals surface area contributed by atoms with Crippen LogP contribution in [-0.2, 0) is 9.59 Å². The molecular weight excluding hydrogens is 274 g/mol. The summed E-state index contributed by atoms with van der Waals surface area (Å²) in [7, 11) is 0. The Bertz CT molecular complexity index is 424. The number of rotatable bonds is 5. The molecule has 0 aromatic rings. The number of carboxylic acid groups (broad SMARTS) is 1. The van der Waals surface area contributed by atoms with E-state index in [9.17, 15) is 19.5 Å². The fourth-order valence-corrected chi connectivity index (χ4v) is 2.73. The third-order valence-electron chi connectivity index (χ3n) is 4.17. The molecule has 1 aliphatic heterocycles. The van der Waals surface area contributed by atoms with Crippen molar-refractivity contribution in [2.45, 2.75) is 46.1 Å². The zero-order chi connectivity index (χ0) is 16.2. The van der Waals surface area contributed by atoms with Crippen LogP contribution in [0.15, 0.2) is 0 Å². The molecule has 120 valence electrons. The molecule has 3 amide bonds. The Morgan fingerprint density at radius 3 is 2.43 bits per heavy atom. The van der Waals surface area contributed by atoms with Crippen LogP contribution in [0.3, 0.4) is 0 Å². The molecule has 21 heavy (non-hydrogen) atoms. The number of piperidine rings is 1. The first kappa shape index (κ1) is 17.3. The monoisotopic (exact) mass is 299 g/mol. The average molecular weight is 299 g/mol. The minimum atomic E-state index is -0.886.